The molecule has 3 aromatic rings. The molecular weight excluding hydrogens is 455 g/mol. The Balaban J connectivity index is 1.57. The average molecular weight is 477 g/mol. The molecule has 0 radical (unpaired) electrons. The summed E-state index contributed by atoms with van der Waals surface area (Å²) in [6.45, 7) is 2.38. The lowest BCUT2D eigenvalue weighted by atomic mass is 10.1. The van der Waals surface area contributed by atoms with E-state index in [1.807, 2.05) is 31.2 Å². The first-order valence-electron chi connectivity index (χ1n) is 9.66. The summed E-state index contributed by atoms with van der Waals surface area (Å²) < 4.78 is 27.5. The summed E-state index contributed by atoms with van der Waals surface area (Å²) in [6.07, 6.45) is 1.59. The minimum atomic E-state index is -3.78. The van der Waals surface area contributed by atoms with Crippen molar-refractivity contribution >= 4 is 44.8 Å². The maximum absolute atomic E-state index is 12.5. The number of halogens is 2. The standard InChI is InChI=1S/C23H22Cl2N2O3S/c1-16-4-11-20(12-5-16)31(29,30)27-22-13-8-18(15-21(22)25)23(28)26-14-2-3-17-6-9-19(24)10-7-17/h4-13,15,27H,2-3,14H2,1H3,(H,26,28). The molecule has 3 rings (SSSR count). The van der Waals surface area contributed by atoms with Crippen LogP contribution in [-0.2, 0) is 16.4 Å². The van der Waals surface area contributed by atoms with Crippen molar-refractivity contribution in [1.82, 2.24) is 5.32 Å². The fourth-order valence-corrected chi connectivity index (χ4v) is 4.40. The predicted molar refractivity (Wildman–Crippen MR) is 126 cm³/mol. The van der Waals surface area contributed by atoms with Gasteiger partial charge in [-0.3, -0.25) is 9.52 Å². The third kappa shape index (κ3) is 6.47. The van der Waals surface area contributed by atoms with Gasteiger partial charge in [-0.2, -0.15) is 0 Å². The van der Waals surface area contributed by atoms with E-state index in [-0.39, 0.29) is 21.5 Å². The minimum Gasteiger partial charge on any atom is -0.352 e. The van der Waals surface area contributed by atoms with Crippen LogP contribution in [0.15, 0.2) is 71.6 Å². The summed E-state index contributed by atoms with van der Waals surface area (Å²) >= 11 is 12.1. The second kappa shape index (κ2) is 10.2. The van der Waals surface area contributed by atoms with Gasteiger partial charge in [-0.05, 0) is 67.8 Å². The number of nitrogens with one attached hydrogen (secondary N) is 2. The van der Waals surface area contributed by atoms with Gasteiger partial charge in [0.2, 0.25) is 0 Å². The maximum atomic E-state index is 12.5. The Hall–Kier alpha value is -2.54. The van der Waals surface area contributed by atoms with Gasteiger partial charge in [-0.25, -0.2) is 8.42 Å². The molecule has 2 N–H and O–H groups in total. The number of hydrogen-bond acceptors (Lipinski definition) is 3. The highest BCUT2D eigenvalue weighted by Crippen LogP contribution is 2.26. The average Bonchev–Trinajstić information content (AvgIpc) is 2.74. The monoisotopic (exact) mass is 476 g/mol. The molecule has 31 heavy (non-hydrogen) atoms. The molecule has 0 aromatic heterocycles. The molecule has 1 amide bonds. The normalized spacial score (nSPS) is 11.2. The van der Waals surface area contributed by atoms with Gasteiger partial charge in [0.05, 0.1) is 15.6 Å². The molecule has 0 spiro atoms. The summed E-state index contributed by atoms with van der Waals surface area (Å²) in [4.78, 5) is 12.5. The van der Waals surface area contributed by atoms with E-state index in [4.69, 9.17) is 23.2 Å². The summed E-state index contributed by atoms with van der Waals surface area (Å²) in [5.74, 6) is -0.272. The van der Waals surface area contributed by atoms with Crippen LogP contribution in [0.25, 0.3) is 0 Å². The number of hydrogen-bond donors (Lipinski definition) is 2. The number of rotatable bonds is 8. The molecule has 0 aliphatic rings. The topological polar surface area (TPSA) is 75.3 Å². The number of anilines is 1. The first kappa shape index (κ1) is 23.1. The summed E-state index contributed by atoms with van der Waals surface area (Å²) in [7, 11) is -3.78. The molecule has 8 heteroatoms. The zero-order chi connectivity index (χ0) is 22.4. The van der Waals surface area contributed by atoms with Gasteiger partial charge in [-0.15, -0.1) is 0 Å². The van der Waals surface area contributed by atoms with E-state index in [0.29, 0.717) is 17.1 Å². The molecular formula is C23H22Cl2N2O3S. The lowest BCUT2D eigenvalue weighted by Gasteiger charge is -2.11. The van der Waals surface area contributed by atoms with Crippen LogP contribution in [0.1, 0.15) is 27.9 Å². The van der Waals surface area contributed by atoms with Gasteiger partial charge >= 0.3 is 0 Å². The fraction of sp³-hybridized carbons (Fsp3) is 0.174. The Bertz CT molecular complexity index is 1160. The van der Waals surface area contributed by atoms with Gasteiger partial charge in [0.25, 0.3) is 15.9 Å². The van der Waals surface area contributed by atoms with Crippen LogP contribution in [0.4, 0.5) is 5.69 Å². The zero-order valence-corrected chi connectivity index (χ0v) is 19.2. The van der Waals surface area contributed by atoms with Gasteiger partial charge in [0, 0.05) is 17.1 Å². The molecule has 0 saturated heterocycles. The number of amides is 1. The van der Waals surface area contributed by atoms with E-state index in [1.54, 1.807) is 12.1 Å². The largest absolute Gasteiger partial charge is 0.352 e. The number of carbonyl (C=O) groups is 1. The Morgan fingerprint density at radius 3 is 2.26 bits per heavy atom. The zero-order valence-electron chi connectivity index (χ0n) is 16.9. The van der Waals surface area contributed by atoms with Crippen LogP contribution in [0, 0.1) is 6.92 Å². The number of benzene rings is 3. The van der Waals surface area contributed by atoms with Crippen molar-refractivity contribution in [3.63, 3.8) is 0 Å². The Labute approximate surface area is 192 Å². The first-order chi connectivity index (χ1) is 14.7. The highest BCUT2D eigenvalue weighted by molar-refractivity contribution is 7.92. The molecule has 0 bridgehead atoms. The summed E-state index contributed by atoms with van der Waals surface area (Å²) in [5.41, 5.74) is 2.67. The van der Waals surface area contributed by atoms with Crippen molar-refractivity contribution in [2.75, 3.05) is 11.3 Å². The highest BCUT2D eigenvalue weighted by Gasteiger charge is 2.16. The molecule has 0 heterocycles. The van der Waals surface area contributed by atoms with Gasteiger partial charge in [0.1, 0.15) is 0 Å². The van der Waals surface area contributed by atoms with Crippen LogP contribution < -0.4 is 10.0 Å². The van der Waals surface area contributed by atoms with E-state index in [9.17, 15) is 13.2 Å². The predicted octanol–water partition coefficient (Wildman–Crippen LogP) is 5.47. The van der Waals surface area contributed by atoms with Gasteiger partial charge in [-0.1, -0.05) is 53.0 Å². The van der Waals surface area contributed by atoms with E-state index < -0.39 is 10.0 Å². The van der Waals surface area contributed by atoms with E-state index in [2.05, 4.69) is 10.0 Å². The molecule has 5 nitrogen and oxygen atoms in total. The lowest BCUT2D eigenvalue weighted by Crippen LogP contribution is -2.24. The lowest BCUT2D eigenvalue weighted by molar-refractivity contribution is 0.0953. The minimum absolute atomic E-state index is 0.136. The molecule has 0 unspecified atom stereocenters. The SMILES string of the molecule is Cc1ccc(S(=O)(=O)Nc2ccc(C(=O)NCCCc3ccc(Cl)cc3)cc2Cl)cc1. The molecule has 3 aromatic carbocycles. The van der Waals surface area contributed by atoms with Crippen molar-refractivity contribution < 1.29 is 13.2 Å². The molecule has 0 atom stereocenters. The maximum Gasteiger partial charge on any atom is 0.261 e. The first-order valence-corrected chi connectivity index (χ1v) is 11.9. The Kier molecular flexibility index (Phi) is 7.59. The fourth-order valence-electron chi connectivity index (χ4n) is 2.91. The van der Waals surface area contributed by atoms with Crippen molar-refractivity contribution in [3.8, 4) is 0 Å². The van der Waals surface area contributed by atoms with Crippen molar-refractivity contribution in [2.45, 2.75) is 24.7 Å². The van der Waals surface area contributed by atoms with Crippen molar-refractivity contribution in [1.29, 1.82) is 0 Å². The van der Waals surface area contributed by atoms with Gasteiger partial charge < -0.3 is 5.32 Å². The quantitative estimate of drug-likeness (QED) is 0.423. The number of sulfonamides is 1. The third-order valence-electron chi connectivity index (χ3n) is 4.65. The molecule has 0 aliphatic heterocycles. The smallest absolute Gasteiger partial charge is 0.261 e. The molecule has 162 valence electrons. The Morgan fingerprint density at radius 2 is 1.61 bits per heavy atom. The van der Waals surface area contributed by atoms with Crippen molar-refractivity contribution in [2.24, 2.45) is 0 Å². The summed E-state index contributed by atoms with van der Waals surface area (Å²) in [6, 6.07) is 18.5. The third-order valence-corrected chi connectivity index (χ3v) is 6.59. The number of aryl methyl sites for hydroxylation is 2. The van der Waals surface area contributed by atoms with Crippen LogP contribution >= 0.6 is 23.2 Å². The molecule has 0 fully saturated rings. The van der Waals surface area contributed by atoms with Crippen LogP contribution in [0.3, 0.4) is 0 Å². The van der Waals surface area contributed by atoms with E-state index in [1.165, 1.54) is 30.3 Å². The van der Waals surface area contributed by atoms with Crippen molar-refractivity contribution in [3.05, 3.63) is 93.5 Å². The molecule has 0 aliphatic carbocycles. The van der Waals surface area contributed by atoms with Crippen LogP contribution in [-0.4, -0.2) is 20.9 Å². The van der Waals surface area contributed by atoms with Gasteiger partial charge in [0.15, 0.2) is 0 Å². The van der Waals surface area contributed by atoms with Crippen LogP contribution in [0.5, 0.6) is 0 Å². The second-order valence-corrected chi connectivity index (χ2v) is 9.63. The van der Waals surface area contributed by atoms with E-state index in [0.717, 1.165) is 24.0 Å². The Morgan fingerprint density at radius 1 is 0.935 bits per heavy atom. The molecule has 0 saturated carbocycles. The second-order valence-electron chi connectivity index (χ2n) is 7.10. The van der Waals surface area contributed by atoms with Crippen LogP contribution in [0.2, 0.25) is 10.0 Å². The summed E-state index contributed by atoms with van der Waals surface area (Å²) in [5, 5.41) is 3.68. The highest BCUT2D eigenvalue weighted by atomic mass is 35.5. The van der Waals surface area contributed by atoms with E-state index >= 15 is 0 Å². The number of carbonyl (C=O) groups excluding carboxylic acids is 1.